The third-order valence-electron chi connectivity index (χ3n) is 2.93. The minimum Gasteiger partial charge on any atom is -0.497 e. The number of alkyl halides is 1. The molecule has 0 heterocycles. The predicted molar refractivity (Wildman–Crippen MR) is 83.1 cm³/mol. The van der Waals surface area contributed by atoms with E-state index < -0.39 is 4.92 Å². The van der Waals surface area contributed by atoms with Gasteiger partial charge in [0.2, 0.25) is 0 Å². The summed E-state index contributed by atoms with van der Waals surface area (Å²) in [6, 6.07) is 12.0. The third kappa shape index (κ3) is 3.95. The van der Waals surface area contributed by atoms with Gasteiger partial charge in [-0.05, 0) is 11.6 Å². The van der Waals surface area contributed by atoms with E-state index in [0.717, 1.165) is 11.1 Å². The van der Waals surface area contributed by atoms with E-state index in [2.05, 4.69) is 15.9 Å². The maximum Gasteiger partial charge on any atom is 0.269 e. The van der Waals surface area contributed by atoms with Gasteiger partial charge in [0, 0.05) is 29.1 Å². The molecule has 0 spiro atoms. The molecule has 0 saturated heterocycles. The van der Waals surface area contributed by atoms with Gasteiger partial charge >= 0.3 is 0 Å². The minimum atomic E-state index is -0.418. The second-order valence-corrected chi connectivity index (χ2v) is 4.88. The van der Waals surface area contributed by atoms with Gasteiger partial charge in [0.1, 0.15) is 18.1 Å². The van der Waals surface area contributed by atoms with Crippen LogP contribution in [-0.2, 0) is 11.9 Å². The highest BCUT2D eigenvalue weighted by molar-refractivity contribution is 9.08. The van der Waals surface area contributed by atoms with Crippen LogP contribution in [-0.4, -0.2) is 12.0 Å². The fourth-order valence-corrected chi connectivity index (χ4v) is 2.29. The van der Waals surface area contributed by atoms with Crippen molar-refractivity contribution < 1.29 is 14.4 Å². The van der Waals surface area contributed by atoms with Crippen molar-refractivity contribution in [2.75, 3.05) is 7.11 Å². The van der Waals surface area contributed by atoms with Crippen LogP contribution < -0.4 is 9.47 Å². The Morgan fingerprint density at radius 3 is 2.71 bits per heavy atom. The number of nitrogens with zero attached hydrogens (tertiary/aromatic N) is 1. The zero-order valence-corrected chi connectivity index (χ0v) is 13.0. The molecule has 2 rings (SSSR count). The smallest absolute Gasteiger partial charge is 0.269 e. The number of hydrogen-bond acceptors (Lipinski definition) is 4. The second-order valence-electron chi connectivity index (χ2n) is 4.32. The Hall–Kier alpha value is -2.08. The summed E-state index contributed by atoms with van der Waals surface area (Å²) in [4.78, 5) is 10.3. The molecule has 2 aromatic rings. The summed E-state index contributed by atoms with van der Waals surface area (Å²) in [5.41, 5.74) is 1.79. The average Bonchev–Trinajstić information content (AvgIpc) is 2.52. The van der Waals surface area contributed by atoms with Crippen LogP contribution in [0, 0.1) is 10.1 Å². The molecule has 0 unspecified atom stereocenters. The van der Waals surface area contributed by atoms with E-state index >= 15 is 0 Å². The SMILES string of the molecule is COc1ccc(CBr)c(OCc2cccc([N+](=O)[O-])c2)c1. The summed E-state index contributed by atoms with van der Waals surface area (Å²) >= 11 is 3.40. The van der Waals surface area contributed by atoms with Gasteiger partial charge in [0.05, 0.1) is 12.0 Å². The molecule has 0 aromatic heterocycles. The molecule has 0 aliphatic rings. The second kappa shape index (κ2) is 7.08. The molecule has 110 valence electrons. The summed E-state index contributed by atoms with van der Waals surface area (Å²) in [6.45, 7) is 0.259. The van der Waals surface area contributed by atoms with Crippen molar-refractivity contribution in [2.24, 2.45) is 0 Å². The van der Waals surface area contributed by atoms with Crippen molar-refractivity contribution >= 4 is 21.6 Å². The summed E-state index contributed by atoms with van der Waals surface area (Å²) in [6.07, 6.45) is 0. The Balaban J connectivity index is 2.15. The van der Waals surface area contributed by atoms with Crippen LogP contribution in [0.3, 0.4) is 0 Å². The molecule has 0 aliphatic carbocycles. The molecule has 0 radical (unpaired) electrons. The zero-order chi connectivity index (χ0) is 15.2. The first-order chi connectivity index (χ1) is 10.1. The molecule has 0 N–H and O–H groups in total. The van der Waals surface area contributed by atoms with E-state index in [1.54, 1.807) is 25.3 Å². The molecule has 5 nitrogen and oxygen atoms in total. The van der Waals surface area contributed by atoms with Crippen molar-refractivity contribution in [3.05, 3.63) is 63.7 Å². The molecule has 2 aromatic carbocycles. The molecule has 0 atom stereocenters. The number of hydrogen-bond donors (Lipinski definition) is 0. The van der Waals surface area contributed by atoms with Gasteiger partial charge in [-0.3, -0.25) is 10.1 Å². The van der Waals surface area contributed by atoms with Crippen LogP contribution in [0.4, 0.5) is 5.69 Å². The molecule has 0 saturated carbocycles. The topological polar surface area (TPSA) is 61.6 Å². The summed E-state index contributed by atoms with van der Waals surface area (Å²) in [7, 11) is 1.59. The molecule has 0 fully saturated rings. The average molecular weight is 352 g/mol. The van der Waals surface area contributed by atoms with Gasteiger partial charge in [-0.15, -0.1) is 0 Å². The predicted octanol–water partition coefficient (Wildman–Crippen LogP) is 4.08. The van der Waals surface area contributed by atoms with Crippen LogP contribution in [0.15, 0.2) is 42.5 Å². The highest BCUT2D eigenvalue weighted by atomic mass is 79.9. The Labute approximate surface area is 130 Å². The first-order valence-electron chi connectivity index (χ1n) is 6.23. The summed E-state index contributed by atoms with van der Waals surface area (Å²) < 4.78 is 10.9. The summed E-state index contributed by atoms with van der Waals surface area (Å²) in [5.74, 6) is 1.39. The minimum absolute atomic E-state index is 0.0578. The van der Waals surface area contributed by atoms with Crippen LogP contribution in [0.25, 0.3) is 0 Å². The van der Waals surface area contributed by atoms with Crippen LogP contribution in [0.5, 0.6) is 11.5 Å². The number of nitro groups is 1. The quantitative estimate of drug-likeness (QED) is 0.447. The highest BCUT2D eigenvalue weighted by Crippen LogP contribution is 2.27. The van der Waals surface area contributed by atoms with E-state index in [-0.39, 0.29) is 12.3 Å². The Morgan fingerprint density at radius 2 is 2.05 bits per heavy atom. The molecule has 0 aliphatic heterocycles. The van der Waals surface area contributed by atoms with Gasteiger partial charge < -0.3 is 9.47 Å². The van der Waals surface area contributed by atoms with Gasteiger partial charge in [0.25, 0.3) is 5.69 Å². The summed E-state index contributed by atoms with van der Waals surface area (Å²) in [5, 5.41) is 11.4. The number of ether oxygens (including phenoxy) is 2. The fraction of sp³-hybridized carbons (Fsp3) is 0.200. The standard InChI is InChI=1S/C15H14BrNO4/c1-20-14-6-5-12(9-16)15(8-14)21-10-11-3-2-4-13(7-11)17(18)19/h2-8H,9-10H2,1H3. The lowest BCUT2D eigenvalue weighted by Gasteiger charge is -2.11. The van der Waals surface area contributed by atoms with Crippen molar-refractivity contribution in [1.82, 2.24) is 0 Å². The molecule has 0 amide bonds. The molecular weight excluding hydrogens is 338 g/mol. The normalized spacial score (nSPS) is 10.2. The largest absolute Gasteiger partial charge is 0.497 e. The van der Waals surface area contributed by atoms with Crippen molar-refractivity contribution in [3.8, 4) is 11.5 Å². The maximum absolute atomic E-state index is 10.8. The molecule has 21 heavy (non-hydrogen) atoms. The number of rotatable bonds is 6. The van der Waals surface area contributed by atoms with E-state index in [9.17, 15) is 10.1 Å². The zero-order valence-electron chi connectivity index (χ0n) is 11.4. The first kappa shape index (κ1) is 15.3. The lowest BCUT2D eigenvalue weighted by Crippen LogP contribution is -1.99. The number of benzene rings is 2. The molecule has 6 heteroatoms. The monoisotopic (exact) mass is 351 g/mol. The molecular formula is C15H14BrNO4. The third-order valence-corrected chi connectivity index (χ3v) is 3.54. The van der Waals surface area contributed by atoms with Gasteiger partial charge in [-0.2, -0.15) is 0 Å². The number of nitro benzene ring substituents is 1. The Bertz CT molecular complexity index is 645. The van der Waals surface area contributed by atoms with E-state index in [1.807, 2.05) is 12.1 Å². The van der Waals surface area contributed by atoms with Gasteiger partial charge in [-0.25, -0.2) is 0 Å². The van der Waals surface area contributed by atoms with E-state index in [0.29, 0.717) is 16.8 Å². The van der Waals surface area contributed by atoms with Gasteiger partial charge in [0.15, 0.2) is 0 Å². The molecule has 0 bridgehead atoms. The lowest BCUT2D eigenvalue weighted by atomic mass is 10.2. The number of halogens is 1. The van der Waals surface area contributed by atoms with E-state index in [1.165, 1.54) is 12.1 Å². The fourth-order valence-electron chi connectivity index (χ4n) is 1.83. The number of methoxy groups -OCH3 is 1. The van der Waals surface area contributed by atoms with Crippen molar-refractivity contribution in [2.45, 2.75) is 11.9 Å². The van der Waals surface area contributed by atoms with E-state index in [4.69, 9.17) is 9.47 Å². The Morgan fingerprint density at radius 1 is 1.24 bits per heavy atom. The van der Waals surface area contributed by atoms with Crippen LogP contribution in [0.2, 0.25) is 0 Å². The van der Waals surface area contributed by atoms with Crippen LogP contribution in [0.1, 0.15) is 11.1 Å². The number of non-ortho nitro benzene ring substituents is 1. The van der Waals surface area contributed by atoms with Crippen molar-refractivity contribution in [1.29, 1.82) is 0 Å². The maximum atomic E-state index is 10.8. The van der Waals surface area contributed by atoms with Crippen LogP contribution >= 0.6 is 15.9 Å². The van der Waals surface area contributed by atoms with Crippen molar-refractivity contribution in [3.63, 3.8) is 0 Å². The lowest BCUT2D eigenvalue weighted by molar-refractivity contribution is -0.384. The van der Waals surface area contributed by atoms with Gasteiger partial charge in [-0.1, -0.05) is 34.1 Å². The Kier molecular flexibility index (Phi) is 5.16. The first-order valence-corrected chi connectivity index (χ1v) is 7.35. The highest BCUT2D eigenvalue weighted by Gasteiger charge is 2.08.